The topological polar surface area (TPSA) is 84.9 Å². The second-order valence-corrected chi connectivity index (χ2v) is 7.42. The zero-order chi connectivity index (χ0) is 20.9. The lowest BCUT2D eigenvalue weighted by Gasteiger charge is -2.29. The second kappa shape index (κ2) is 8.98. The van der Waals surface area contributed by atoms with Crippen molar-refractivity contribution in [2.24, 2.45) is 0 Å². The fraction of sp³-hybridized carbons (Fsp3) is 0.348. The molecule has 2 aromatic carbocycles. The lowest BCUT2D eigenvalue weighted by atomic mass is 9.88. The molecule has 0 bridgehead atoms. The van der Waals surface area contributed by atoms with E-state index < -0.39 is 5.97 Å². The van der Waals surface area contributed by atoms with Gasteiger partial charge >= 0.3 is 5.97 Å². The van der Waals surface area contributed by atoms with Gasteiger partial charge < -0.3 is 19.7 Å². The third-order valence-corrected chi connectivity index (χ3v) is 5.42. The minimum absolute atomic E-state index is 0.000381. The Labute approximate surface area is 175 Å². The summed E-state index contributed by atoms with van der Waals surface area (Å²) in [5.74, 6) is -0.448. The van der Waals surface area contributed by atoms with Crippen LogP contribution in [0.2, 0.25) is 0 Å². The standard InChI is InChI=1S/C23H24N2O5/c26-21(24-18-9-5-7-16-6-1-2-8-17(16)18)14-30-23(28)12-13-25-19-10-3-4-11-20(19)29-15-22(25)27/h1-4,6,8,10-11,18H,5,7,9,12-15H2,(H,24,26)/t18-/m1/s1. The quantitative estimate of drug-likeness (QED) is 0.743. The number of anilines is 1. The number of para-hydroxylation sites is 2. The first kappa shape index (κ1) is 19.9. The highest BCUT2D eigenvalue weighted by atomic mass is 16.5. The summed E-state index contributed by atoms with van der Waals surface area (Å²) in [5, 5.41) is 2.96. The molecule has 0 saturated carbocycles. The lowest BCUT2D eigenvalue weighted by molar-refractivity contribution is -0.148. The van der Waals surface area contributed by atoms with Crippen LogP contribution in [-0.2, 0) is 25.5 Å². The fourth-order valence-electron chi connectivity index (χ4n) is 3.96. The van der Waals surface area contributed by atoms with E-state index in [0.29, 0.717) is 11.4 Å². The van der Waals surface area contributed by atoms with Crippen LogP contribution in [0.3, 0.4) is 0 Å². The van der Waals surface area contributed by atoms with Gasteiger partial charge in [-0.15, -0.1) is 0 Å². The molecule has 2 aliphatic rings. The Morgan fingerprint density at radius 2 is 1.93 bits per heavy atom. The summed E-state index contributed by atoms with van der Waals surface area (Å²) in [5.41, 5.74) is 3.02. The number of nitrogens with one attached hydrogen (secondary N) is 1. The van der Waals surface area contributed by atoms with Gasteiger partial charge in [0.15, 0.2) is 13.2 Å². The van der Waals surface area contributed by atoms with Gasteiger partial charge in [0.25, 0.3) is 11.8 Å². The third kappa shape index (κ3) is 4.45. The molecule has 1 heterocycles. The summed E-state index contributed by atoms with van der Waals surface area (Å²) in [7, 11) is 0. The minimum Gasteiger partial charge on any atom is -0.482 e. The van der Waals surface area contributed by atoms with Crippen LogP contribution in [0.1, 0.15) is 36.4 Å². The summed E-state index contributed by atoms with van der Waals surface area (Å²) in [6.07, 6.45) is 2.90. The molecule has 0 radical (unpaired) electrons. The smallest absolute Gasteiger partial charge is 0.308 e. The predicted octanol–water partition coefficient (Wildman–Crippen LogP) is 2.54. The number of hydrogen-bond acceptors (Lipinski definition) is 5. The molecule has 4 rings (SSSR count). The number of rotatable bonds is 6. The molecule has 2 amide bonds. The van der Waals surface area contributed by atoms with Crippen molar-refractivity contribution >= 4 is 23.5 Å². The molecule has 1 atom stereocenters. The highest BCUT2D eigenvalue weighted by molar-refractivity contribution is 5.98. The number of nitrogens with zero attached hydrogens (tertiary/aromatic N) is 1. The lowest BCUT2D eigenvalue weighted by Crippen LogP contribution is -2.40. The maximum atomic E-state index is 12.3. The molecule has 0 unspecified atom stereocenters. The van der Waals surface area contributed by atoms with Gasteiger partial charge in [-0.2, -0.15) is 0 Å². The van der Waals surface area contributed by atoms with E-state index in [1.807, 2.05) is 24.3 Å². The first-order valence-electron chi connectivity index (χ1n) is 10.2. The molecule has 0 aromatic heterocycles. The number of amides is 2. The number of esters is 1. The summed E-state index contributed by atoms with van der Waals surface area (Å²) >= 11 is 0. The zero-order valence-electron chi connectivity index (χ0n) is 16.6. The number of carbonyl (C=O) groups excluding carboxylic acids is 3. The van der Waals surface area contributed by atoms with Crippen LogP contribution in [0.4, 0.5) is 5.69 Å². The van der Waals surface area contributed by atoms with Crippen LogP contribution < -0.4 is 15.0 Å². The molecule has 1 N–H and O–H groups in total. The van der Waals surface area contributed by atoms with Gasteiger partial charge in [0, 0.05) is 6.54 Å². The van der Waals surface area contributed by atoms with E-state index in [4.69, 9.17) is 9.47 Å². The number of carbonyl (C=O) groups is 3. The van der Waals surface area contributed by atoms with E-state index >= 15 is 0 Å². The molecule has 1 aliphatic carbocycles. The molecule has 30 heavy (non-hydrogen) atoms. The molecule has 0 spiro atoms. The van der Waals surface area contributed by atoms with E-state index in [1.165, 1.54) is 10.5 Å². The van der Waals surface area contributed by atoms with E-state index in [-0.39, 0.29) is 44.0 Å². The van der Waals surface area contributed by atoms with Gasteiger partial charge in [-0.05, 0) is 42.5 Å². The van der Waals surface area contributed by atoms with Crippen molar-refractivity contribution in [3.8, 4) is 5.75 Å². The van der Waals surface area contributed by atoms with Gasteiger partial charge in [0.2, 0.25) is 0 Å². The largest absolute Gasteiger partial charge is 0.482 e. The summed E-state index contributed by atoms with van der Waals surface area (Å²) in [4.78, 5) is 38.1. The molecule has 0 saturated heterocycles. The first-order valence-corrected chi connectivity index (χ1v) is 10.2. The number of fused-ring (bicyclic) bond motifs is 2. The van der Waals surface area contributed by atoms with Crippen molar-refractivity contribution in [3.63, 3.8) is 0 Å². The monoisotopic (exact) mass is 408 g/mol. The normalized spacial score (nSPS) is 17.4. The average molecular weight is 408 g/mol. The third-order valence-electron chi connectivity index (χ3n) is 5.42. The SMILES string of the molecule is O=C(COC(=O)CCN1C(=O)COc2ccccc21)N[C@@H]1CCCc2ccccc21. The number of hydrogen-bond donors (Lipinski definition) is 1. The highest BCUT2D eigenvalue weighted by Crippen LogP contribution is 2.31. The minimum atomic E-state index is -0.522. The van der Waals surface area contributed by atoms with Gasteiger partial charge in [0.05, 0.1) is 18.2 Å². The van der Waals surface area contributed by atoms with Crippen molar-refractivity contribution in [2.75, 3.05) is 24.7 Å². The van der Waals surface area contributed by atoms with Crippen LogP contribution in [-0.4, -0.2) is 37.5 Å². The Hall–Kier alpha value is -3.35. The van der Waals surface area contributed by atoms with E-state index in [2.05, 4.69) is 11.4 Å². The number of ether oxygens (including phenoxy) is 2. The van der Waals surface area contributed by atoms with Gasteiger partial charge in [-0.25, -0.2) is 0 Å². The summed E-state index contributed by atoms with van der Waals surface area (Å²) < 4.78 is 10.5. The number of aryl methyl sites for hydroxylation is 1. The second-order valence-electron chi connectivity index (χ2n) is 7.42. The van der Waals surface area contributed by atoms with E-state index in [1.54, 1.807) is 18.2 Å². The maximum absolute atomic E-state index is 12.3. The van der Waals surface area contributed by atoms with Gasteiger partial charge in [-0.1, -0.05) is 36.4 Å². The van der Waals surface area contributed by atoms with Crippen LogP contribution >= 0.6 is 0 Å². The van der Waals surface area contributed by atoms with Gasteiger partial charge in [-0.3, -0.25) is 14.4 Å². The molecule has 2 aromatic rings. The van der Waals surface area contributed by atoms with E-state index in [9.17, 15) is 14.4 Å². The predicted molar refractivity (Wildman–Crippen MR) is 110 cm³/mol. The Morgan fingerprint density at radius 3 is 2.83 bits per heavy atom. The van der Waals surface area contributed by atoms with Crippen LogP contribution in [0, 0.1) is 0 Å². The van der Waals surface area contributed by atoms with Crippen LogP contribution in [0.15, 0.2) is 48.5 Å². The average Bonchev–Trinajstić information content (AvgIpc) is 2.77. The van der Waals surface area contributed by atoms with Crippen molar-refractivity contribution in [1.82, 2.24) is 5.32 Å². The number of benzene rings is 2. The molecule has 156 valence electrons. The van der Waals surface area contributed by atoms with Crippen molar-refractivity contribution < 1.29 is 23.9 Å². The summed E-state index contributed by atoms with van der Waals surface area (Å²) in [6.45, 7) is -0.210. The fourth-order valence-corrected chi connectivity index (χ4v) is 3.96. The molecule has 7 heteroatoms. The van der Waals surface area contributed by atoms with Crippen molar-refractivity contribution in [3.05, 3.63) is 59.7 Å². The summed E-state index contributed by atoms with van der Waals surface area (Å²) in [6, 6.07) is 15.2. The Bertz CT molecular complexity index is 958. The van der Waals surface area contributed by atoms with Crippen molar-refractivity contribution in [1.29, 1.82) is 0 Å². The van der Waals surface area contributed by atoms with E-state index in [0.717, 1.165) is 24.8 Å². The first-order chi connectivity index (χ1) is 14.6. The van der Waals surface area contributed by atoms with Crippen molar-refractivity contribution in [2.45, 2.75) is 31.7 Å². The highest BCUT2D eigenvalue weighted by Gasteiger charge is 2.26. The molecule has 1 aliphatic heterocycles. The molecular formula is C23H24N2O5. The Morgan fingerprint density at radius 1 is 1.13 bits per heavy atom. The van der Waals surface area contributed by atoms with Crippen LogP contribution in [0.25, 0.3) is 0 Å². The maximum Gasteiger partial charge on any atom is 0.308 e. The molecule has 0 fully saturated rings. The Kier molecular flexibility index (Phi) is 5.97. The van der Waals surface area contributed by atoms with Gasteiger partial charge in [0.1, 0.15) is 5.75 Å². The molecular weight excluding hydrogens is 384 g/mol. The van der Waals surface area contributed by atoms with Crippen LogP contribution in [0.5, 0.6) is 5.75 Å². The zero-order valence-corrected chi connectivity index (χ0v) is 16.6. The Balaban J connectivity index is 1.26. The molecule has 7 nitrogen and oxygen atoms in total.